The topological polar surface area (TPSA) is 65.8 Å². The maximum atomic E-state index is 12.4. The van der Waals surface area contributed by atoms with Crippen molar-refractivity contribution in [2.24, 2.45) is 0 Å². The summed E-state index contributed by atoms with van der Waals surface area (Å²) in [6, 6.07) is 4.21. The zero-order valence-corrected chi connectivity index (χ0v) is 15.4. The minimum Gasteiger partial charge on any atom is -0.444 e. The van der Waals surface area contributed by atoms with Crippen LogP contribution in [0.3, 0.4) is 0 Å². The molecule has 2 atom stereocenters. The maximum absolute atomic E-state index is 12.4. The summed E-state index contributed by atoms with van der Waals surface area (Å²) in [6.07, 6.45) is 3.33. The molecule has 0 spiro atoms. The predicted molar refractivity (Wildman–Crippen MR) is 91.8 cm³/mol. The van der Waals surface area contributed by atoms with Gasteiger partial charge in [-0.2, -0.15) is 0 Å². The molecule has 128 valence electrons. The molecule has 1 aromatic heterocycles. The van der Waals surface area contributed by atoms with Gasteiger partial charge in [0, 0.05) is 32.2 Å². The van der Waals surface area contributed by atoms with Crippen LogP contribution in [-0.2, 0) is 4.79 Å². The number of nitrogens with zero attached hydrogens (tertiary/aromatic N) is 2. The molecule has 8 heteroatoms. The van der Waals surface area contributed by atoms with E-state index in [2.05, 4.69) is 21.2 Å². The Morgan fingerprint density at radius 2 is 2.09 bits per heavy atom. The monoisotopic (exact) mass is 405 g/mol. The van der Waals surface area contributed by atoms with Gasteiger partial charge < -0.3 is 19.5 Å². The van der Waals surface area contributed by atoms with Gasteiger partial charge in [0.1, 0.15) is 0 Å². The molecule has 2 fully saturated rings. The predicted octanol–water partition coefficient (Wildman–Crippen LogP) is 1.89. The van der Waals surface area contributed by atoms with E-state index in [9.17, 15) is 9.59 Å². The minimum atomic E-state index is -0.284. The summed E-state index contributed by atoms with van der Waals surface area (Å²) in [6.45, 7) is 1.58. The van der Waals surface area contributed by atoms with Crippen LogP contribution in [0.1, 0.15) is 29.8 Å². The normalized spacial score (nSPS) is 23.1. The highest BCUT2D eigenvalue weighted by Crippen LogP contribution is 2.20. The summed E-state index contributed by atoms with van der Waals surface area (Å²) in [7, 11) is 1.62. The van der Waals surface area contributed by atoms with E-state index in [-0.39, 0.29) is 36.5 Å². The highest BCUT2D eigenvalue weighted by molar-refractivity contribution is 9.10. The highest BCUT2D eigenvalue weighted by atomic mass is 79.9. The van der Waals surface area contributed by atoms with Gasteiger partial charge in [0.15, 0.2) is 10.4 Å². The number of likely N-dealkylation sites (N-methyl/N-ethyl adjacent to an activating group) is 1. The molecule has 0 aromatic carbocycles. The van der Waals surface area contributed by atoms with Crippen molar-refractivity contribution >= 4 is 40.2 Å². The Morgan fingerprint density at radius 1 is 1.35 bits per heavy atom. The van der Waals surface area contributed by atoms with Crippen LogP contribution in [0, 0.1) is 0 Å². The number of hydrogen-bond acceptors (Lipinski definition) is 4. The van der Waals surface area contributed by atoms with Crippen molar-refractivity contribution < 1.29 is 14.0 Å². The third-order valence-electron chi connectivity index (χ3n) is 4.38. The van der Waals surface area contributed by atoms with E-state index in [0.29, 0.717) is 16.8 Å². The van der Waals surface area contributed by atoms with Crippen molar-refractivity contribution in [1.29, 1.82) is 0 Å². The first-order chi connectivity index (χ1) is 10.5. The number of amides is 2. The van der Waals surface area contributed by atoms with Crippen molar-refractivity contribution in [2.45, 2.75) is 31.3 Å². The first kappa shape index (κ1) is 18.3. The number of hydrogen-bond donors (Lipinski definition) is 1. The van der Waals surface area contributed by atoms with Crippen molar-refractivity contribution in [1.82, 2.24) is 15.1 Å². The number of likely N-dealkylation sites (tertiary alicyclic amines) is 1. The lowest BCUT2D eigenvalue weighted by atomic mass is 10.1. The van der Waals surface area contributed by atoms with Gasteiger partial charge in [0.25, 0.3) is 5.91 Å². The second-order valence-electron chi connectivity index (χ2n) is 6.03. The van der Waals surface area contributed by atoms with E-state index < -0.39 is 0 Å². The Labute approximate surface area is 150 Å². The van der Waals surface area contributed by atoms with Gasteiger partial charge in [-0.25, -0.2) is 0 Å². The fourth-order valence-electron chi connectivity index (χ4n) is 3.16. The Balaban J connectivity index is 0.00000192. The van der Waals surface area contributed by atoms with Crippen molar-refractivity contribution in [3.63, 3.8) is 0 Å². The van der Waals surface area contributed by atoms with Gasteiger partial charge in [0.05, 0.1) is 6.54 Å². The molecular weight excluding hydrogens is 386 g/mol. The third-order valence-corrected chi connectivity index (χ3v) is 4.81. The summed E-state index contributed by atoms with van der Waals surface area (Å²) in [4.78, 5) is 27.9. The number of rotatable bonds is 3. The van der Waals surface area contributed by atoms with Crippen molar-refractivity contribution in [3.8, 4) is 0 Å². The Bertz CT molecular complexity index is 580. The standard InChI is InChI=1S/C15H20BrN3O3.ClH/c1-18(15(21)12-4-5-13(16)22-12)9-14(20)19-7-6-10-2-3-11(8-19)17-10;/h4-5,10-11,17H,2-3,6-9H2,1H3;1H. The summed E-state index contributed by atoms with van der Waals surface area (Å²) in [5, 5.41) is 3.55. The largest absolute Gasteiger partial charge is 0.444 e. The molecule has 2 aliphatic rings. The van der Waals surface area contributed by atoms with Gasteiger partial charge in [-0.05, 0) is 47.3 Å². The molecule has 0 saturated carbocycles. The first-order valence-corrected chi connectivity index (χ1v) is 8.37. The van der Waals surface area contributed by atoms with Crippen LogP contribution in [0.5, 0.6) is 0 Å². The van der Waals surface area contributed by atoms with Gasteiger partial charge in [-0.1, -0.05) is 0 Å². The Kier molecular flexibility index (Phi) is 6.11. The molecule has 2 saturated heterocycles. The van der Waals surface area contributed by atoms with Crippen LogP contribution < -0.4 is 5.32 Å². The van der Waals surface area contributed by atoms with Gasteiger partial charge in [0.2, 0.25) is 5.91 Å². The molecule has 2 unspecified atom stereocenters. The molecule has 6 nitrogen and oxygen atoms in total. The second-order valence-corrected chi connectivity index (χ2v) is 6.81. The second kappa shape index (κ2) is 7.68. The van der Waals surface area contributed by atoms with Crippen molar-refractivity contribution in [3.05, 3.63) is 22.6 Å². The number of furan rings is 1. The van der Waals surface area contributed by atoms with Crippen LogP contribution in [0.2, 0.25) is 0 Å². The van der Waals surface area contributed by atoms with E-state index in [1.807, 2.05) is 4.90 Å². The molecule has 0 aliphatic carbocycles. The molecule has 2 bridgehead atoms. The lowest BCUT2D eigenvalue weighted by molar-refractivity contribution is -0.131. The molecule has 23 heavy (non-hydrogen) atoms. The van der Waals surface area contributed by atoms with E-state index in [1.165, 1.54) is 11.3 Å². The quantitative estimate of drug-likeness (QED) is 0.832. The zero-order chi connectivity index (χ0) is 15.7. The smallest absolute Gasteiger partial charge is 0.289 e. The average Bonchev–Trinajstić information content (AvgIpc) is 3.03. The summed E-state index contributed by atoms with van der Waals surface area (Å²) in [5.41, 5.74) is 0. The van der Waals surface area contributed by atoms with E-state index in [4.69, 9.17) is 4.42 Å². The summed E-state index contributed by atoms with van der Waals surface area (Å²) < 4.78 is 5.75. The Hall–Kier alpha value is -1.05. The molecule has 1 N–H and O–H groups in total. The van der Waals surface area contributed by atoms with E-state index >= 15 is 0 Å². The van der Waals surface area contributed by atoms with Crippen LogP contribution >= 0.6 is 28.3 Å². The zero-order valence-electron chi connectivity index (χ0n) is 13.0. The average molecular weight is 407 g/mol. The lowest BCUT2D eigenvalue weighted by Gasteiger charge is -2.26. The van der Waals surface area contributed by atoms with Gasteiger partial charge in [-0.3, -0.25) is 9.59 Å². The number of fused-ring (bicyclic) bond motifs is 2. The van der Waals surface area contributed by atoms with Crippen LogP contribution in [0.4, 0.5) is 0 Å². The fourth-order valence-corrected chi connectivity index (χ4v) is 3.47. The number of nitrogens with one attached hydrogen (secondary N) is 1. The van der Waals surface area contributed by atoms with E-state index in [0.717, 1.165) is 25.9 Å². The minimum absolute atomic E-state index is 0. The highest BCUT2D eigenvalue weighted by Gasteiger charge is 2.31. The number of carbonyl (C=O) groups excluding carboxylic acids is 2. The molecular formula is C15H21BrClN3O3. The third kappa shape index (κ3) is 4.28. The molecule has 2 amide bonds. The van der Waals surface area contributed by atoms with Gasteiger partial charge in [-0.15, -0.1) is 12.4 Å². The SMILES string of the molecule is CN(CC(=O)N1CCC2CCC(C1)N2)C(=O)c1ccc(Br)o1.Cl. The molecule has 1 aromatic rings. The summed E-state index contributed by atoms with van der Waals surface area (Å²) in [5.74, 6) is -0.0527. The van der Waals surface area contributed by atoms with Crippen LogP contribution in [0.15, 0.2) is 21.2 Å². The van der Waals surface area contributed by atoms with E-state index in [1.54, 1.807) is 19.2 Å². The molecule has 3 rings (SSSR count). The molecule has 0 radical (unpaired) electrons. The molecule has 2 aliphatic heterocycles. The lowest BCUT2D eigenvalue weighted by Crippen LogP contribution is -2.44. The Morgan fingerprint density at radius 3 is 2.78 bits per heavy atom. The molecule has 3 heterocycles. The van der Waals surface area contributed by atoms with Crippen molar-refractivity contribution in [2.75, 3.05) is 26.7 Å². The maximum Gasteiger partial charge on any atom is 0.289 e. The summed E-state index contributed by atoms with van der Waals surface area (Å²) >= 11 is 3.17. The van der Waals surface area contributed by atoms with Crippen LogP contribution in [0.25, 0.3) is 0 Å². The first-order valence-electron chi connectivity index (χ1n) is 7.57. The van der Waals surface area contributed by atoms with Gasteiger partial charge >= 0.3 is 0 Å². The number of carbonyl (C=O) groups is 2. The van der Waals surface area contributed by atoms with Crippen LogP contribution in [-0.4, -0.2) is 60.4 Å². The fraction of sp³-hybridized carbons (Fsp3) is 0.600. The number of halogens is 2.